The molecule has 1 aliphatic carbocycles. The van der Waals surface area contributed by atoms with Crippen LogP contribution in [0.4, 0.5) is 0 Å². The maximum Gasteiger partial charge on any atom is 0.00953 e. The van der Waals surface area contributed by atoms with Crippen molar-refractivity contribution in [2.75, 3.05) is 26.7 Å². The van der Waals surface area contributed by atoms with Gasteiger partial charge in [-0.15, -0.1) is 0 Å². The van der Waals surface area contributed by atoms with Gasteiger partial charge < -0.3 is 10.2 Å². The molecule has 1 unspecified atom stereocenters. The van der Waals surface area contributed by atoms with Gasteiger partial charge in [0.05, 0.1) is 0 Å². The smallest absolute Gasteiger partial charge is 0.00953 e. The Hall–Kier alpha value is -0.0800. The third-order valence-electron chi connectivity index (χ3n) is 5.15. The van der Waals surface area contributed by atoms with E-state index < -0.39 is 0 Å². The van der Waals surface area contributed by atoms with Gasteiger partial charge in [-0.2, -0.15) is 0 Å². The molecule has 2 rings (SSSR count). The van der Waals surface area contributed by atoms with Crippen molar-refractivity contribution in [1.29, 1.82) is 0 Å². The average molecular weight is 238 g/mol. The van der Waals surface area contributed by atoms with Crippen LogP contribution in [0.1, 0.15) is 52.4 Å². The molecule has 1 heterocycles. The Kier molecular flexibility index (Phi) is 4.48. The summed E-state index contributed by atoms with van der Waals surface area (Å²) in [5.41, 5.74) is 0.522. The van der Waals surface area contributed by atoms with Crippen molar-refractivity contribution in [1.82, 2.24) is 10.2 Å². The van der Waals surface area contributed by atoms with E-state index in [2.05, 4.69) is 31.1 Å². The van der Waals surface area contributed by atoms with E-state index in [-0.39, 0.29) is 0 Å². The molecule has 0 radical (unpaired) electrons. The molecule has 0 spiro atoms. The largest absolute Gasteiger partial charge is 0.319 e. The molecule has 1 saturated carbocycles. The molecular weight excluding hydrogens is 208 g/mol. The van der Waals surface area contributed by atoms with Crippen LogP contribution in [0, 0.1) is 11.3 Å². The summed E-state index contributed by atoms with van der Waals surface area (Å²) in [6, 6.07) is 0.902. The Balaban J connectivity index is 1.93. The lowest BCUT2D eigenvalue weighted by Gasteiger charge is -2.47. The molecule has 2 aliphatic rings. The van der Waals surface area contributed by atoms with E-state index in [4.69, 9.17) is 0 Å². The normalized spacial score (nSPS) is 31.6. The van der Waals surface area contributed by atoms with Crippen LogP contribution < -0.4 is 5.32 Å². The fourth-order valence-corrected chi connectivity index (χ4v) is 3.62. The van der Waals surface area contributed by atoms with E-state index >= 15 is 0 Å². The lowest BCUT2D eigenvalue weighted by molar-refractivity contribution is 0.0242. The molecule has 2 nitrogen and oxygen atoms in total. The molecule has 0 aromatic carbocycles. The number of likely N-dealkylation sites (tertiary alicyclic amines) is 1. The second kappa shape index (κ2) is 5.71. The zero-order valence-electron chi connectivity index (χ0n) is 12.0. The Bertz CT molecular complexity index is 231. The summed E-state index contributed by atoms with van der Waals surface area (Å²) < 4.78 is 0. The zero-order valence-corrected chi connectivity index (χ0v) is 12.0. The summed E-state index contributed by atoms with van der Waals surface area (Å²) in [5.74, 6) is 0.822. The minimum Gasteiger partial charge on any atom is -0.319 e. The minimum atomic E-state index is 0.522. The minimum absolute atomic E-state index is 0.522. The highest BCUT2D eigenvalue weighted by molar-refractivity contribution is 4.90. The molecule has 0 aromatic rings. The van der Waals surface area contributed by atoms with E-state index in [0.717, 1.165) is 12.0 Å². The number of rotatable bonds is 3. The highest BCUT2D eigenvalue weighted by Crippen LogP contribution is 2.37. The maximum atomic E-state index is 3.39. The summed E-state index contributed by atoms with van der Waals surface area (Å²) >= 11 is 0. The number of piperidine rings is 1. The Morgan fingerprint density at radius 3 is 2.53 bits per heavy atom. The van der Waals surface area contributed by atoms with E-state index in [1.54, 1.807) is 0 Å². The average Bonchev–Trinajstić information content (AvgIpc) is 2.33. The number of hydrogen-bond acceptors (Lipinski definition) is 2. The van der Waals surface area contributed by atoms with Crippen molar-refractivity contribution < 1.29 is 0 Å². The van der Waals surface area contributed by atoms with Crippen LogP contribution in [0.3, 0.4) is 0 Å². The summed E-state index contributed by atoms with van der Waals surface area (Å²) in [5, 5.41) is 3.39. The predicted octanol–water partition coefficient (Wildman–Crippen LogP) is 2.89. The van der Waals surface area contributed by atoms with Gasteiger partial charge in [-0.25, -0.2) is 0 Å². The Labute approximate surface area is 107 Å². The molecule has 0 aromatic heterocycles. The molecular formula is C15H30N2. The van der Waals surface area contributed by atoms with Crippen LogP contribution in [0.15, 0.2) is 0 Å². The van der Waals surface area contributed by atoms with Gasteiger partial charge in [0, 0.05) is 12.6 Å². The topological polar surface area (TPSA) is 15.3 Å². The second-order valence-corrected chi connectivity index (χ2v) is 6.78. The molecule has 2 heteroatoms. The first-order valence-electron chi connectivity index (χ1n) is 7.52. The third kappa shape index (κ3) is 3.23. The molecule has 100 valence electrons. The van der Waals surface area contributed by atoms with Gasteiger partial charge in [-0.3, -0.25) is 0 Å². The van der Waals surface area contributed by atoms with Crippen LogP contribution in [0.25, 0.3) is 0 Å². The molecule has 1 aliphatic heterocycles. The van der Waals surface area contributed by atoms with E-state index in [1.807, 2.05) is 0 Å². The van der Waals surface area contributed by atoms with E-state index in [0.29, 0.717) is 5.41 Å². The standard InChI is InChI=1S/C15H30N2/c1-15(2)9-10-17(12-13(15)11-16-3)14-7-5-4-6-8-14/h13-14,16H,4-12H2,1-3H3. The van der Waals surface area contributed by atoms with Crippen molar-refractivity contribution in [3.8, 4) is 0 Å². The lowest BCUT2D eigenvalue weighted by atomic mass is 9.72. The first kappa shape index (κ1) is 13.4. The van der Waals surface area contributed by atoms with Crippen molar-refractivity contribution in [3.05, 3.63) is 0 Å². The highest BCUT2D eigenvalue weighted by atomic mass is 15.2. The third-order valence-corrected chi connectivity index (χ3v) is 5.15. The highest BCUT2D eigenvalue weighted by Gasteiger charge is 2.37. The summed E-state index contributed by atoms with van der Waals surface area (Å²) in [7, 11) is 2.09. The van der Waals surface area contributed by atoms with Crippen LogP contribution in [-0.4, -0.2) is 37.6 Å². The fourth-order valence-electron chi connectivity index (χ4n) is 3.62. The number of hydrogen-bond donors (Lipinski definition) is 1. The van der Waals surface area contributed by atoms with E-state index in [9.17, 15) is 0 Å². The molecule has 17 heavy (non-hydrogen) atoms. The summed E-state index contributed by atoms with van der Waals surface area (Å²) in [6.45, 7) is 8.73. The van der Waals surface area contributed by atoms with Gasteiger partial charge in [-0.05, 0) is 50.7 Å². The quantitative estimate of drug-likeness (QED) is 0.813. The van der Waals surface area contributed by atoms with Gasteiger partial charge in [0.1, 0.15) is 0 Å². The van der Waals surface area contributed by atoms with Gasteiger partial charge >= 0.3 is 0 Å². The Morgan fingerprint density at radius 1 is 1.18 bits per heavy atom. The summed E-state index contributed by atoms with van der Waals surface area (Å²) in [6.07, 6.45) is 8.66. The van der Waals surface area contributed by atoms with Gasteiger partial charge in [0.15, 0.2) is 0 Å². The van der Waals surface area contributed by atoms with E-state index in [1.165, 1.54) is 58.2 Å². The first-order chi connectivity index (χ1) is 8.13. The van der Waals surface area contributed by atoms with Crippen molar-refractivity contribution in [2.45, 2.75) is 58.4 Å². The van der Waals surface area contributed by atoms with Gasteiger partial charge in [-0.1, -0.05) is 33.1 Å². The fraction of sp³-hybridized carbons (Fsp3) is 1.00. The second-order valence-electron chi connectivity index (χ2n) is 6.78. The molecule has 1 saturated heterocycles. The van der Waals surface area contributed by atoms with Crippen molar-refractivity contribution in [3.63, 3.8) is 0 Å². The van der Waals surface area contributed by atoms with Crippen LogP contribution in [-0.2, 0) is 0 Å². The number of nitrogens with zero attached hydrogens (tertiary/aromatic N) is 1. The SMILES string of the molecule is CNCC1CN(C2CCCCC2)CCC1(C)C. The summed E-state index contributed by atoms with van der Waals surface area (Å²) in [4.78, 5) is 2.80. The number of nitrogens with one attached hydrogen (secondary N) is 1. The lowest BCUT2D eigenvalue weighted by Crippen LogP contribution is -2.51. The first-order valence-corrected chi connectivity index (χ1v) is 7.52. The van der Waals surface area contributed by atoms with Crippen LogP contribution in [0.5, 0.6) is 0 Å². The maximum absolute atomic E-state index is 3.39. The van der Waals surface area contributed by atoms with Crippen LogP contribution in [0.2, 0.25) is 0 Å². The van der Waals surface area contributed by atoms with Gasteiger partial charge in [0.25, 0.3) is 0 Å². The van der Waals surface area contributed by atoms with Gasteiger partial charge in [0.2, 0.25) is 0 Å². The molecule has 2 fully saturated rings. The molecule has 0 amide bonds. The van der Waals surface area contributed by atoms with Crippen molar-refractivity contribution >= 4 is 0 Å². The monoisotopic (exact) mass is 238 g/mol. The zero-order chi connectivity index (χ0) is 12.3. The Morgan fingerprint density at radius 2 is 1.88 bits per heavy atom. The molecule has 1 N–H and O–H groups in total. The van der Waals surface area contributed by atoms with Crippen molar-refractivity contribution in [2.24, 2.45) is 11.3 Å². The molecule has 1 atom stereocenters. The molecule has 0 bridgehead atoms. The van der Waals surface area contributed by atoms with Crippen LogP contribution >= 0.6 is 0 Å². The predicted molar refractivity (Wildman–Crippen MR) is 74.3 cm³/mol.